The Morgan fingerprint density at radius 1 is 0.310 bits per heavy atom. The lowest BCUT2D eigenvalue weighted by Crippen LogP contribution is -1.91. The summed E-state index contributed by atoms with van der Waals surface area (Å²) in [4.78, 5) is 18.7. The van der Waals surface area contributed by atoms with Crippen molar-refractivity contribution in [3.05, 3.63) is 216 Å². The molecule has 0 fully saturated rings. The van der Waals surface area contributed by atoms with Crippen molar-refractivity contribution in [1.82, 2.24) is 19.9 Å². The first-order chi connectivity index (χ1) is 28.7. The highest BCUT2D eigenvalue weighted by Crippen LogP contribution is 2.39. The average Bonchev–Trinajstić information content (AvgIpc) is 4.13. The fourth-order valence-corrected chi connectivity index (χ4v) is 8.68. The second-order valence-corrected chi connectivity index (χ2v) is 15.1. The zero-order chi connectivity index (χ0) is 38.4. The highest BCUT2D eigenvalue weighted by Gasteiger charge is 2.20. The molecule has 4 aliphatic rings. The molecule has 274 valence electrons. The van der Waals surface area contributed by atoms with Gasteiger partial charge in [0.2, 0.25) is 0 Å². The van der Waals surface area contributed by atoms with Gasteiger partial charge in [0.25, 0.3) is 0 Å². The van der Waals surface area contributed by atoms with Crippen LogP contribution in [0.2, 0.25) is 0 Å². The Kier molecular flexibility index (Phi) is 8.25. The molecule has 8 bridgehead atoms. The summed E-state index contributed by atoms with van der Waals surface area (Å²) in [5.41, 5.74) is 18.6. The van der Waals surface area contributed by atoms with Crippen LogP contribution < -0.4 is 0 Å². The van der Waals surface area contributed by atoms with Crippen LogP contribution in [0.1, 0.15) is 45.7 Å². The number of aromatic nitrogens is 4. The zero-order valence-corrected chi connectivity index (χ0v) is 31.7. The third kappa shape index (κ3) is 6.03. The van der Waals surface area contributed by atoms with E-state index in [1.807, 2.05) is 0 Å². The maximum absolute atomic E-state index is 5.46. The van der Waals surface area contributed by atoms with Crippen LogP contribution in [-0.4, -0.2) is 19.9 Å². The molecule has 4 heteroatoms. The van der Waals surface area contributed by atoms with Crippen LogP contribution in [0.4, 0.5) is 0 Å². The lowest BCUT2D eigenvalue weighted by atomic mass is 9.96. The van der Waals surface area contributed by atoms with Crippen LogP contribution in [0, 0.1) is 0 Å². The van der Waals surface area contributed by atoms with Crippen LogP contribution in [0.15, 0.2) is 182 Å². The first-order valence-corrected chi connectivity index (χ1v) is 19.9. The number of rotatable bonds is 6. The predicted molar refractivity (Wildman–Crippen MR) is 243 cm³/mol. The largest absolute Gasteiger partial charge is 0.354 e. The van der Waals surface area contributed by atoms with E-state index < -0.39 is 0 Å². The van der Waals surface area contributed by atoms with E-state index in [-0.39, 0.29) is 0 Å². The van der Waals surface area contributed by atoms with Crippen molar-refractivity contribution in [2.45, 2.75) is 11.8 Å². The Hall–Kier alpha value is -7.56. The van der Waals surface area contributed by atoms with Crippen molar-refractivity contribution in [2.75, 3.05) is 0 Å². The highest BCUT2D eigenvalue weighted by molar-refractivity contribution is 5.99. The van der Waals surface area contributed by atoms with Crippen LogP contribution in [0.25, 0.3) is 90.9 Å². The summed E-state index contributed by atoms with van der Waals surface area (Å²) in [6.07, 6.45) is 26.0. The minimum atomic E-state index is 0.291. The van der Waals surface area contributed by atoms with Gasteiger partial charge >= 0.3 is 0 Å². The molecule has 0 spiro atoms. The number of aromatic amines is 2. The van der Waals surface area contributed by atoms with Crippen LogP contribution >= 0.6 is 0 Å². The minimum Gasteiger partial charge on any atom is -0.354 e. The zero-order valence-electron chi connectivity index (χ0n) is 31.7. The van der Waals surface area contributed by atoms with Crippen molar-refractivity contribution in [2.24, 2.45) is 0 Å². The Balaban J connectivity index is 1.23. The molecule has 5 heterocycles. The van der Waals surface area contributed by atoms with Gasteiger partial charge in [0.15, 0.2) is 0 Å². The fourth-order valence-electron chi connectivity index (χ4n) is 8.68. The van der Waals surface area contributed by atoms with Crippen molar-refractivity contribution in [3.8, 4) is 44.5 Å². The summed E-state index contributed by atoms with van der Waals surface area (Å²) in [6.45, 7) is 0. The molecule has 3 aromatic heterocycles. The van der Waals surface area contributed by atoms with Crippen molar-refractivity contribution < 1.29 is 0 Å². The number of nitrogens with one attached hydrogen (secondary N) is 2. The average molecular weight is 743 g/mol. The topological polar surface area (TPSA) is 57.4 Å². The first-order valence-electron chi connectivity index (χ1n) is 19.9. The summed E-state index contributed by atoms with van der Waals surface area (Å²) < 4.78 is 0. The quantitative estimate of drug-likeness (QED) is 0.178. The molecule has 4 aromatic carbocycles. The minimum absolute atomic E-state index is 0.291. The molecule has 2 N–H and O–H groups in total. The van der Waals surface area contributed by atoms with Gasteiger partial charge in [0, 0.05) is 56.2 Å². The van der Waals surface area contributed by atoms with Gasteiger partial charge in [-0.25, -0.2) is 9.97 Å². The molecule has 0 amide bonds. The molecule has 0 unspecified atom stereocenters. The molecule has 0 radical (unpaired) electrons. The molecule has 0 atom stereocenters. The number of hydrogen-bond acceptors (Lipinski definition) is 2. The molecule has 58 heavy (non-hydrogen) atoms. The molecule has 2 aliphatic carbocycles. The normalized spacial score (nSPS) is 14.3. The standard InChI is InChI=1S/C54H38N4/c1-3-15-39(16-4-1)51-43-27-31-47(55-43)53(41-23-19-37(20-24-41)35-11-7-8-12-35)49-33-29-45(57-49)52(40-17-5-2-6-18-40)46-30-34-50(58-46)54(48-32-28-44(51)56-48)42-25-21-38(22-26-42)36-13-9-10-14-36/h1-36,55,58H. The molecule has 11 rings (SSSR count). The summed E-state index contributed by atoms with van der Waals surface area (Å²) in [7, 11) is 0. The first kappa shape index (κ1) is 33.8. The van der Waals surface area contributed by atoms with Crippen molar-refractivity contribution in [3.63, 3.8) is 0 Å². The van der Waals surface area contributed by atoms with Gasteiger partial charge in [-0.1, -0.05) is 158 Å². The van der Waals surface area contributed by atoms with Gasteiger partial charge in [0.1, 0.15) is 0 Å². The van der Waals surface area contributed by atoms with E-state index in [0.717, 1.165) is 89.4 Å². The van der Waals surface area contributed by atoms with Crippen LogP contribution in [0.5, 0.6) is 0 Å². The Morgan fingerprint density at radius 3 is 0.914 bits per heavy atom. The van der Waals surface area contributed by atoms with Crippen LogP contribution in [-0.2, 0) is 0 Å². The Bertz CT molecular complexity index is 2840. The predicted octanol–water partition coefficient (Wildman–Crippen LogP) is 13.7. The molecular weight excluding hydrogens is 705 g/mol. The smallest absolute Gasteiger partial charge is 0.0737 e. The van der Waals surface area contributed by atoms with Crippen molar-refractivity contribution in [1.29, 1.82) is 0 Å². The summed E-state index contributed by atoms with van der Waals surface area (Å²) >= 11 is 0. The maximum Gasteiger partial charge on any atom is 0.0737 e. The van der Waals surface area contributed by atoms with E-state index in [2.05, 4.69) is 216 Å². The Labute approximate surface area is 337 Å². The number of benzene rings is 4. The van der Waals surface area contributed by atoms with E-state index in [1.165, 1.54) is 11.1 Å². The van der Waals surface area contributed by atoms with E-state index in [4.69, 9.17) is 9.97 Å². The number of fused-ring (bicyclic) bond motifs is 8. The van der Waals surface area contributed by atoms with Gasteiger partial charge in [-0.15, -0.1) is 0 Å². The summed E-state index contributed by atoms with van der Waals surface area (Å²) in [5.74, 6) is 0.582. The summed E-state index contributed by atoms with van der Waals surface area (Å²) in [6, 6.07) is 47.8. The molecule has 4 nitrogen and oxygen atoms in total. The van der Waals surface area contributed by atoms with E-state index in [0.29, 0.717) is 11.8 Å². The third-order valence-corrected chi connectivity index (χ3v) is 11.5. The Morgan fingerprint density at radius 2 is 0.603 bits per heavy atom. The summed E-state index contributed by atoms with van der Waals surface area (Å²) in [5, 5.41) is 0. The third-order valence-electron chi connectivity index (χ3n) is 11.5. The van der Waals surface area contributed by atoms with E-state index >= 15 is 0 Å². The molecule has 2 aliphatic heterocycles. The molecule has 0 saturated carbocycles. The lowest BCUT2D eigenvalue weighted by Gasteiger charge is -2.09. The SMILES string of the molecule is C1=CC(c2ccc(-c3c4nc(c(-c5ccccc5)c5ccc([nH]5)c(-c5ccc(C6C=CC=C6)cc5)c5nc(c(-c6ccccc6)c6ccc3[nH]6)C=C5)C=C4)cc2)C=C1. The van der Waals surface area contributed by atoms with Gasteiger partial charge in [0.05, 0.1) is 22.8 Å². The van der Waals surface area contributed by atoms with Gasteiger partial charge in [-0.3, -0.25) is 0 Å². The van der Waals surface area contributed by atoms with Crippen molar-refractivity contribution >= 4 is 46.4 Å². The van der Waals surface area contributed by atoms with Gasteiger partial charge in [-0.2, -0.15) is 0 Å². The second-order valence-electron chi connectivity index (χ2n) is 15.1. The molecule has 0 saturated heterocycles. The van der Waals surface area contributed by atoms with Gasteiger partial charge in [-0.05, 0) is 82.0 Å². The number of H-pyrrole nitrogens is 2. The van der Waals surface area contributed by atoms with E-state index in [9.17, 15) is 0 Å². The number of nitrogens with zero attached hydrogens (tertiary/aromatic N) is 2. The van der Waals surface area contributed by atoms with E-state index in [1.54, 1.807) is 0 Å². The monoisotopic (exact) mass is 742 g/mol. The second kappa shape index (κ2) is 14.2. The number of allylic oxidation sites excluding steroid dienone is 8. The molecule has 7 aromatic rings. The van der Waals surface area contributed by atoms with Crippen LogP contribution in [0.3, 0.4) is 0 Å². The number of hydrogen-bond donors (Lipinski definition) is 2. The lowest BCUT2D eigenvalue weighted by molar-refractivity contribution is 1.10. The molecular formula is C54H38N4. The highest BCUT2D eigenvalue weighted by atomic mass is 14.8. The van der Waals surface area contributed by atoms with Gasteiger partial charge < -0.3 is 9.97 Å². The fraction of sp³-hybridized carbons (Fsp3) is 0.0370. The maximum atomic E-state index is 5.46.